The third-order valence-electron chi connectivity index (χ3n) is 4.20. The molecule has 0 aliphatic rings. The maximum atomic E-state index is 5.94. The van der Waals surface area contributed by atoms with Gasteiger partial charge >= 0.3 is 0 Å². The molecule has 2 N–H and O–H groups in total. The monoisotopic (exact) mass is 376 g/mol. The van der Waals surface area contributed by atoms with Crippen LogP contribution < -0.4 is 10.6 Å². The predicted octanol–water partition coefficient (Wildman–Crippen LogP) is 5.18. The van der Waals surface area contributed by atoms with Crippen molar-refractivity contribution in [3.63, 3.8) is 0 Å². The summed E-state index contributed by atoms with van der Waals surface area (Å²) in [6.07, 6.45) is 3.24. The number of rotatable bonds is 4. The van der Waals surface area contributed by atoms with E-state index in [0.29, 0.717) is 28.0 Å². The van der Waals surface area contributed by atoms with Gasteiger partial charge in [0, 0.05) is 28.8 Å². The van der Waals surface area contributed by atoms with Crippen LogP contribution in [0.4, 0.5) is 23.1 Å². The summed E-state index contributed by atoms with van der Waals surface area (Å²) in [4.78, 5) is 17.8. The predicted molar refractivity (Wildman–Crippen MR) is 109 cm³/mol. The Morgan fingerprint density at radius 2 is 1.52 bits per heavy atom. The first-order valence-corrected chi connectivity index (χ1v) is 8.82. The lowest BCUT2D eigenvalue weighted by molar-refractivity contribution is 1.15. The summed E-state index contributed by atoms with van der Waals surface area (Å²) < 4.78 is 0. The topological polar surface area (TPSA) is 75.6 Å². The molecule has 0 saturated carbocycles. The minimum Gasteiger partial charge on any atom is -0.338 e. The molecule has 4 rings (SSSR count). The van der Waals surface area contributed by atoms with E-state index in [9.17, 15) is 0 Å². The number of nitrogens with zero attached hydrogens (tertiary/aromatic N) is 4. The fraction of sp³-hybridized carbons (Fsp3) is 0.100. The molecule has 27 heavy (non-hydrogen) atoms. The third kappa shape index (κ3) is 3.80. The summed E-state index contributed by atoms with van der Waals surface area (Å²) in [5.74, 6) is 1.02. The van der Waals surface area contributed by atoms with Crippen LogP contribution in [0.15, 0.2) is 54.9 Å². The van der Waals surface area contributed by atoms with E-state index in [4.69, 9.17) is 11.6 Å². The molecule has 6 nitrogen and oxygen atoms in total. The van der Waals surface area contributed by atoms with Crippen LogP contribution >= 0.6 is 11.6 Å². The molecular formula is C20H17ClN6. The van der Waals surface area contributed by atoms with Crippen molar-refractivity contribution < 1.29 is 0 Å². The maximum absolute atomic E-state index is 5.94. The molecule has 0 radical (unpaired) electrons. The number of hydrogen-bond donors (Lipinski definition) is 2. The van der Waals surface area contributed by atoms with E-state index in [0.717, 1.165) is 11.4 Å². The standard InChI is InChI=1S/C20H17ClN6/c1-12-3-6-16(11-13(12)2)24-19-17-18(23-10-9-22-17)26-20(27-19)25-15-7-4-14(21)5-8-15/h3-11H,1-2H3,(H2,23,24,25,26,27). The van der Waals surface area contributed by atoms with Crippen LogP contribution in [-0.2, 0) is 0 Å². The Kier molecular flexibility index (Phi) is 4.56. The van der Waals surface area contributed by atoms with Crippen molar-refractivity contribution in [1.82, 2.24) is 19.9 Å². The van der Waals surface area contributed by atoms with Gasteiger partial charge in [-0.3, -0.25) is 0 Å². The third-order valence-corrected chi connectivity index (χ3v) is 4.45. The fourth-order valence-electron chi connectivity index (χ4n) is 2.62. The molecule has 0 aliphatic heterocycles. The summed E-state index contributed by atoms with van der Waals surface area (Å²) in [5.41, 5.74) is 5.32. The molecular weight excluding hydrogens is 360 g/mol. The van der Waals surface area contributed by atoms with E-state index in [2.05, 4.69) is 56.5 Å². The van der Waals surface area contributed by atoms with Crippen molar-refractivity contribution in [2.24, 2.45) is 0 Å². The number of anilines is 4. The van der Waals surface area contributed by atoms with Gasteiger partial charge < -0.3 is 10.6 Å². The van der Waals surface area contributed by atoms with Crippen LogP contribution in [0.5, 0.6) is 0 Å². The lowest BCUT2D eigenvalue weighted by Gasteiger charge is -2.12. The quantitative estimate of drug-likeness (QED) is 0.511. The number of aryl methyl sites for hydroxylation is 2. The van der Waals surface area contributed by atoms with Gasteiger partial charge in [0.05, 0.1) is 0 Å². The fourth-order valence-corrected chi connectivity index (χ4v) is 2.75. The lowest BCUT2D eigenvalue weighted by Crippen LogP contribution is -2.04. The molecule has 0 spiro atoms. The number of halogens is 1. The highest BCUT2D eigenvalue weighted by molar-refractivity contribution is 6.30. The number of aromatic nitrogens is 4. The minimum absolute atomic E-state index is 0.427. The van der Waals surface area contributed by atoms with Gasteiger partial charge in [-0.05, 0) is 61.4 Å². The molecule has 0 atom stereocenters. The van der Waals surface area contributed by atoms with Crippen molar-refractivity contribution >= 4 is 45.9 Å². The highest BCUT2D eigenvalue weighted by atomic mass is 35.5. The highest BCUT2D eigenvalue weighted by Gasteiger charge is 2.11. The summed E-state index contributed by atoms with van der Waals surface area (Å²) >= 11 is 5.94. The van der Waals surface area contributed by atoms with Gasteiger partial charge in [-0.15, -0.1) is 0 Å². The normalized spacial score (nSPS) is 10.8. The van der Waals surface area contributed by atoms with E-state index in [1.165, 1.54) is 11.1 Å². The SMILES string of the molecule is Cc1ccc(Nc2nc(Nc3ccc(Cl)cc3)nc3nccnc23)cc1C. The van der Waals surface area contributed by atoms with Crippen molar-refractivity contribution in [3.05, 3.63) is 71.0 Å². The molecule has 2 aromatic carbocycles. The second-order valence-corrected chi connectivity index (χ2v) is 6.62. The average Bonchev–Trinajstić information content (AvgIpc) is 2.67. The Bertz CT molecular complexity index is 1110. The summed E-state index contributed by atoms with van der Waals surface area (Å²) in [7, 11) is 0. The van der Waals surface area contributed by atoms with Gasteiger partial charge in [0.15, 0.2) is 17.0 Å². The maximum Gasteiger partial charge on any atom is 0.231 e. The highest BCUT2D eigenvalue weighted by Crippen LogP contribution is 2.25. The van der Waals surface area contributed by atoms with Crippen molar-refractivity contribution in [2.45, 2.75) is 13.8 Å². The van der Waals surface area contributed by atoms with E-state index in [1.54, 1.807) is 24.5 Å². The summed E-state index contributed by atoms with van der Waals surface area (Å²) in [6, 6.07) is 13.5. The minimum atomic E-state index is 0.427. The molecule has 2 aromatic heterocycles. The van der Waals surface area contributed by atoms with Crippen molar-refractivity contribution in [1.29, 1.82) is 0 Å². The summed E-state index contributed by atoms with van der Waals surface area (Å²) in [5, 5.41) is 7.19. The van der Waals surface area contributed by atoms with E-state index >= 15 is 0 Å². The number of fused-ring (bicyclic) bond motifs is 1. The zero-order chi connectivity index (χ0) is 18.8. The largest absolute Gasteiger partial charge is 0.338 e. The van der Waals surface area contributed by atoms with E-state index in [-0.39, 0.29) is 0 Å². The van der Waals surface area contributed by atoms with Crippen LogP contribution in [0.1, 0.15) is 11.1 Å². The second kappa shape index (κ2) is 7.17. The molecule has 4 aromatic rings. The van der Waals surface area contributed by atoms with E-state index in [1.807, 2.05) is 18.2 Å². The smallest absolute Gasteiger partial charge is 0.231 e. The van der Waals surface area contributed by atoms with Gasteiger partial charge in [0.1, 0.15) is 0 Å². The molecule has 0 saturated heterocycles. The average molecular weight is 377 g/mol. The zero-order valence-electron chi connectivity index (χ0n) is 14.9. The van der Waals surface area contributed by atoms with Gasteiger partial charge in [0.2, 0.25) is 5.95 Å². The van der Waals surface area contributed by atoms with E-state index < -0.39 is 0 Å². The van der Waals surface area contributed by atoms with Gasteiger partial charge in [-0.25, -0.2) is 9.97 Å². The first kappa shape index (κ1) is 17.2. The Morgan fingerprint density at radius 1 is 0.778 bits per heavy atom. The van der Waals surface area contributed by atoms with Crippen LogP contribution in [-0.4, -0.2) is 19.9 Å². The number of nitrogens with one attached hydrogen (secondary N) is 2. The molecule has 0 bridgehead atoms. The Hall–Kier alpha value is -3.25. The van der Waals surface area contributed by atoms with Gasteiger partial charge in [-0.2, -0.15) is 9.97 Å². The molecule has 0 amide bonds. The van der Waals surface area contributed by atoms with Crippen molar-refractivity contribution in [3.8, 4) is 0 Å². The number of benzene rings is 2. The van der Waals surface area contributed by atoms with Crippen molar-refractivity contribution in [2.75, 3.05) is 10.6 Å². The summed E-state index contributed by atoms with van der Waals surface area (Å²) in [6.45, 7) is 4.16. The van der Waals surface area contributed by atoms with Gasteiger partial charge in [0.25, 0.3) is 0 Å². The molecule has 2 heterocycles. The first-order valence-electron chi connectivity index (χ1n) is 8.44. The molecule has 134 valence electrons. The second-order valence-electron chi connectivity index (χ2n) is 6.18. The van der Waals surface area contributed by atoms with Crippen LogP contribution in [0.25, 0.3) is 11.2 Å². The number of hydrogen-bond acceptors (Lipinski definition) is 6. The van der Waals surface area contributed by atoms with Gasteiger partial charge in [-0.1, -0.05) is 17.7 Å². The first-order chi connectivity index (χ1) is 13.1. The molecule has 0 unspecified atom stereocenters. The lowest BCUT2D eigenvalue weighted by atomic mass is 10.1. The van der Waals surface area contributed by atoms with Crippen LogP contribution in [0, 0.1) is 13.8 Å². The Morgan fingerprint density at radius 3 is 2.30 bits per heavy atom. The Labute approximate surface area is 161 Å². The molecule has 0 aliphatic carbocycles. The van der Waals surface area contributed by atoms with Crippen LogP contribution in [0.2, 0.25) is 5.02 Å². The van der Waals surface area contributed by atoms with Crippen LogP contribution in [0.3, 0.4) is 0 Å². The molecule has 7 heteroatoms. The zero-order valence-corrected chi connectivity index (χ0v) is 15.6. The molecule has 0 fully saturated rings. The Balaban J connectivity index is 1.73.